The fraction of sp³-hybridized carbons (Fsp3) is 0.105. The van der Waals surface area contributed by atoms with Crippen molar-refractivity contribution in [3.63, 3.8) is 0 Å². The Morgan fingerprint density at radius 3 is 2.63 bits per heavy atom. The lowest BCUT2D eigenvalue weighted by Crippen LogP contribution is -2.25. The number of nitrogens with one attached hydrogen (secondary N) is 2. The van der Waals surface area contributed by atoms with E-state index in [0.717, 1.165) is 0 Å². The maximum absolute atomic E-state index is 12.5. The standard InChI is InChI=1S/C19H17ClN4O3/c1-13-17(19(26)24(23-13)15-5-3-2-4-6-15)11-21-22-18(25)12-27-16-9-7-14(20)8-10-16/h2-11,23H,12H2,1H3,(H,22,25). The van der Waals surface area contributed by atoms with Gasteiger partial charge in [0.05, 0.1) is 17.5 Å². The second-order valence-corrected chi connectivity index (χ2v) is 6.10. The third-order valence-electron chi connectivity index (χ3n) is 3.70. The van der Waals surface area contributed by atoms with Gasteiger partial charge < -0.3 is 4.74 Å². The molecular weight excluding hydrogens is 368 g/mol. The number of aromatic nitrogens is 2. The van der Waals surface area contributed by atoms with Gasteiger partial charge in [-0.15, -0.1) is 0 Å². The van der Waals surface area contributed by atoms with E-state index in [1.807, 2.05) is 30.3 Å². The van der Waals surface area contributed by atoms with E-state index in [2.05, 4.69) is 15.6 Å². The van der Waals surface area contributed by atoms with Crippen LogP contribution < -0.4 is 15.7 Å². The molecular formula is C19H17ClN4O3. The van der Waals surface area contributed by atoms with Crippen molar-refractivity contribution in [1.82, 2.24) is 15.2 Å². The molecule has 1 heterocycles. The van der Waals surface area contributed by atoms with Crippen LogP contribution in [0.1, 0.15) is 11.3 Å². The molecule has 27 heavy (non-hydrogen) atoms. The van der Waals surface area contributed by atoms with Crippen LogP contribution in [0.5, 0.6) is 5.75 Å². The number of rotatable bonds is 6. The molecule has 0 saturated heterocycles. The van der Waals surface area contributed by atoms with Crippen LogP contribution in [0.3, 0.4) is 0 Å². The van der Waals surface area contributed by atoms with Crippen LogP contribution in [0, 0.1) is 6.92 Å². The minimum absolute atomic E-state index is 0.209. The van der Waals surface area contributed by atoms with Crippen LogP contribution in [0.25, 0.3) is 5.69 Å². The van der Waals surface area contributed by atoms with E-state index in [1.165, 1.54) is 10.9 Å². The van der Waals surface area contributed by atoms with Crippen LogP contribution in [0.2, 0.25) is 5.02 Å². The minimum Gasteiger partial charge on any atom is -0.484 e. The van der Waals surface area contributed by atoms with E-state index in [-0.39, 0.29) is 12.2 Å². The molecule has 0 saturated carbocycles. The van der Waals surface area contributed by atoms with Crippen molar-refractivity contribution < 1.29 is 9.53 Å². The molecule has 0 unspecified atom stereocenters. The largest absolute Gasteiger partial charge is 0.484 e. The number of hydrogen-bond donors (Lipinski definition) is 2. The van der Waals surface area contributed by atoms with E-state index in [1.54, 1.807) is 31.2 Å². The molecule has 0 aliphatic heterocycles. The van der Waals surface area contributed by atoms with Gasteiger partial charge in [0.25, 0.3) is 11.5 Å². The molecule has 3 aromatic rings. The molecule has 8 heteroatoms. The molecule has 0 atom stereocenters. The van der Waals surface area contributed by atoms with Gasteiger partial charge in [0.2, 0.25) is 0 Å². The van der Waals surface area contributed by atoms with E-state index < -0.39 is 5.91 Å². The maximum Gasteiger partial charge on any atom is 0.280 e. The summed E-state index contributed by atoms with van der Waals surface area (Å²) in [6.07, 6.45) is 1.31. The van der Waals surface area contributed by atoms with Gasteiger partial charge in [-0.1, -0.05) is 29.8 Å². The Morgan fingerprint density at radius 1 is 1.22 bits per heavy atom. The lowest BCUT2D eigenvalue weighted by atomic mass is 10.3. The summed E-state index contributed by atoms with van der Waals surface area (Å²) in [7, 11) is 0. The van der Waals surface area contributed by atoms with Crippen LogP contribution in [-0.2, 0) is 4.79 Å². The van der Waals surface area contributed by atoms with Gasteiger partial charge in [-0.25, -0.2) is 10.1 Å². The Kier molecular flexibility index (Phi) is 5.73. The topological polar surface area (TPSA) is 88.5 Å². The highest BCUT2D eigenvalue weighted by molar-refractivity contribution is 6.30. The number of nitrogens with zero attached hydrogens (tertiary/aromatic N) is 2. The Labute approximate surface area is 160 Å². The Morgan fingerprint density at radius 2 is 1.93 bits per heavy atom. The molecule has 0 radical (unpaired) electrons. The monoisotopic (exact) mass is 384 g/mol. The quantitative estimate of drug-likeness (QED) is 0.506. The van der Waals surface area contributed by atoms with Crippen molar-refractivity contribution in [3.05, 3.63) is 81.2 Å². The highest BCUT2D eigenvalue weighted by atomic mass is 35.5. The van der Waals surface area contributed by atoms with Gasteiger partial charge in [0.15, 0.2) is 6.61 Å². The average molecular weight is 385 g/mol. The molecule has 2 N–H and O–H groups in total. The Hall–Kier alpha value is -3.32. The molecule has 0 fully saturated rings. The minimum atomic E-state index is -0.447. The molecule has 0 bridgehead atoms. The number of halogens is 1. The third-order valence-corrected chi connectivity index (χ3v) is 3.95. The smallest absolute Gasteiger partial charge is 0.280 e. The highest BCUT2D eigenvalue weighted by Crippen LogP contribution is 2.15. The van der Waals surface area contributed by atoms with Crippen molar-refractivity contribution in [3.8, 4) is 11.4 Å². The Bertz CT molecular complexity index is 1010. The molecule has 3 rings (SSSR count). The summed E-state index contributed by atoms with van der Waals surface area (Å²) in [6, 6.07) is 15.8. The Balaban J connectivity index is 1.61. The zero-order chi connectivity index (χ0) is 19.2. The number of H-pyrrole nitrogens is 1. The zero-order valence-electron chi connectivity index (χ0n) is 14.5. The summed E-state index contributed by atoms with van der Waals surface area (Å²) in [5, 5.41) is 7.40. The van der Waals surface area contributed by atoms with Gasteiger partial charge >= 0.3 is 0 Å². The SMILES string of the molecule is Cc1[nH]n(-c2ccccc2)c(=O)c1C=NNC(=O)COc1ccc(Cl)cc1. The number of hydrazone groups is 1. The van der Waals surface area contributed by atoms with Gasteiger partial charge in [0.1, 0.15) is 5.75 Å². The normalized spacial score (nSPS) is 10.9. The predicted octanol–water partition coefficient (Wildman–Crippen LogP) is 2.66. The second kappa shape index (κ2) is 8.37. The van der Waals surface area contributed by atoms with Crippen LogP contribution >= 0.6 is 11.6 Å². The van der Waals surface area contributed by atoms with E-state index >= 15 is 0 Å². The molecule has 0 aliphatic rings. The predicted molar refractivity (Wildman–Crippen MR) is 104 cm³/mol. The number of ether oxygens (including phenoxy) is 1. The lowest BCUT2D eigenvalue weighted by molar-refractivity contribution is -0.123. The summed E-state index contributed by atoms with van der Waals surface area (Å²) in [4.78, 5) is 24.3. The summed E-state index contributed by atoms with van der Waals surface area (Å²) < 4.78 is 6.74. The van der Waals surface area contributed by atoms with Gasteiger partial charge in [0, 0.05) is 10.7 Å². The van der Waals surface area contributed by atoms with E-state index in [0.29, 0.717) is 27.7 Å². The first-order chi connectivity index (χ1) is 13.0. The number of para-hydroxylation sites is 1. The first kappa shape index (κ1) is 18.5. The van der Waals surface area contributed by atoms with Crippen molar-refractivity contribution in [2.45, 2.75) is 6.92 Å². The van der Waals surface area contributed by atoms with Crippen molar-refractivity contribution in [2.75, 3.05) is 6.61 Å². The number of hydrogen-bond acceptors (Lipinski definition) is 4. The summed E-state index contributed by atoms with van der Waals surface area (Å²) in [5.74, 6) is 0.0727. The highest BCUT2D eigenvalue weighted by Gasteiger charge is 2.10. The van der Waals surface area contributed by atoms with Gasteiger partial charge in [-0.2, -0.15) is 5.10 Å². The second-order valence-electron chi connectivity index (χ2n) is 5.66. The number of aromatic amines is 1. The maximum atomic E-state index is 12.5. The average Bonchev–Trinajstić information content (AvgIpc) is 2.96. The molecule has 2 aromatic carbocycles. The van der Waals surface area contributed by atoms with Crippen LogP contribution in [-0.4, -0.2) is 28.5 Å². The summed E-state index contributed by atoms with van der Waals surface area (Å²) in [5.41, 5.74) is 3.79. The van der Waals surface area contributed by atoms with Crippen LogP contribution in [0.15, 0.2) is 64.5 Å². The lowest BCUT2D eigenvalue weighted by Gasteiger charge is -2.04. The van der Waals surface area contributed by atoms with Gasteiger partial charge in [-0.3, -0.25) is 14.7 Å². The third kappa shape index (κ3) is 4.65. The summed E-state index contributed by atoms with van der Waals surface area (Å²) >= 11 is 5.78. The fourth-order valence-electron chi connectivity index (χ4n) is 2.35. The van der Waals surface area contributed by atoms with Gasteiger partial charge in [-0.05, 0) is 43.3 Å². The molecule has 1 aromatic heterocycles. The van der Waals surface area contributed by atoms with Crippen molar-refractivity contribution in [2.24, 2.45) is 5.10 Å². The fourth-order valence-corrected chi connectivity index (χ4v) is 2.48. The number of aryl methyl sites for hydroxylation is 1. The molecule has 0 spiro atoms. The van der Waals surface area contributed by atoms with Crippen molar-refractivity contribution in [1.29, 1.82) is 0 Å². The summed E-state index contributed by atoms with van der Waals surface area (Å²) in [6.45, 7) is 1.55. The van der Waals surface area contributed by atoms with E-state index in [4.69, 9.17) is 16.3 Å². The van der Waals surface area contributed by atoms with Crippen LogP contribution in [0.4, 0.5) is 0 Å². The first-order valence-electron chi connectivity index (χ1n) is 8.12. The number of amides is 1. The first-order valence-corrected chi connectivity index (χ1v) is 8.49. The molecule has 1 amide bonds. The number of benzene rings is 2. The molecule has 7 nitrogen and oxygen atoms in total. The molecule has 138 valence electrons. The molecule has 0 aliphatic carbocycles. The zero-order valence-corrected chi connectivity index (χ0v) is 15.2. The van der Waals surface area contributed by atoms with E-state index in [9.17, 15) is 9.59 Å². The number of carbonyl (C=O) groups is 1. The number of carbonyl (C=O) groups excluding carboxylic acids is 1. The van der Waals surface area contributed by atoms with Crippen molar-refractivity contribution >= 4 is 23.7 Å².